The Morgan fingerprint density at radius 1 is 1.29 bits per heavy atom. The third-order valence-corrected chi connectivity index (χ3v) is 3.32. The first-order valence-electron chi connectivity index (χ1n) is 7.05. The molecule has 0 radical (unpaired) electrons. The molecular weight excluding hydrogens is 264 g/mol. The van der Waals surface area contributed by atoms with Gasteiger partial charge in [0, 0.05) is 18.4 Å². The molecule has 4 nitrogen and oxygen atoms in total. The van der Waals surface area contributed by atoms with Gasteiger partial charge in [-0.3, -0.25) is 9.78 Å². The minimum absolute atomic E-state index is 0.0758. The van der Waals surface area contributed by atoms with Gasteiger partial charge in [0.15, 0.2) is 0 Å². The number of pyridine rings is 1. The molecule has 1 aromatic heterocycles. The minimum Gasteiger partial charge on any atom is -0.508 e. The van der Waals surface area contributed by atoms with Crippen molar-refractivity contribution in [1.82, 2.24) is 10.3 Å². The van der Waals surface area contributed by atoms with Crippen LogP contribution in [-0.2, 0) is 6.42 Å². The van der Waals surface area contributed by atoms with Gasteiger partial charge in [0.25, 0.3) is 5.91 Å². The Labute approximate surface area is 124 Å². The number of aromatic hydroxyl groups is 1. The monoisotopic (exact) mass is 284 g/mol. The zero-order chi connectivity index (χ0) is 15.2. The van der Waals surface area contributed by atoms with Crippen molar-refractivity contribution in [1.29, 1.82) is 0 Å². The summed E-state index contributed by atoms with van der Waals surface area (Å²) in [5, 5.41) is 12.2. The van der Waals surface area contributed by atoms with Crippen LogP contribution < -0.4 is 5.32 Å². The summed E-state index contributed by atoms with van der Waals surface area (Å²) in [6.07, 6.45) is 5.00. The molecular formula is C17H20N2O2. The second-order valence-corrected chi connectivity index (χ2v) is 5.33. The van der Waals surface area contributed by atoms with Gasteiger partial charge in [0.2, 0.25) is 0 Å². The van der Waals surface area contributed by atoms with E-state index in [9.17, 15) is 9.90 Å². The summed E-state index contributed by atoms with van der Waals surface area (Å²) in [4.78, 5) is 16.1. The van der Waals surface area contributed by atoms with Crippen molar-refractivity contribution < 1.29 is 9.90 Å². The molecule has 2 rings (SSSR count). The number of rotatable bonds is 5. The molecule has 2 aromatic rings. The average molecular weight is 284 g/mol. The van der Waals surface area contributed by atoms with Gasteiger partial charge >= 0.3 is 0 Å². The van der Waals surface area contributed by atoms with Crippen LogP contribution in [0.4, 0.5) is 0 Å². The number of nitrogens with zero attached hydrogens (tertiary/aromatic N) is 1. The highest BCUT2D eigenvalue weighted by molar-refractivity contribution is 5.94. The predicted octanol–water partition coefficient (Wildman–Crippen LogP) is 2.85. The molecule has 0 aliphatic rings. The van der Waals surface area contributed by atoms with E-state index in [4.69, 9.17) is 0 Å². The molecule has 0 saturated heterocycles. The zero-order valence-corrected chi connectivity index (χ0v) is 12.3. The van der Waals surface area contributed by atoms with Crippen LogP contribution in [0, 0.1) is 6.92 Å². The summed E-state index contributed by atoms with van der Waals surface area (Å²) in [5.41, 5.74) is 2.71. The van der Waals surface area contributed by atoms with Gasteiger partial charge in [-0.15, -0.1) is 0 Å². The maximum atomic E-state index is 12.1. The van der Waals surface area contributed by atoms with Crippen LogP contribution in [0.2, 0.25) is 0 Å². The molecule has 0 spiro atoms. The largest absolute Gasteiger partial charge is 0.508 e. The molecule has 0 bridgehead atoms. The van der Waals surface area contributed by atoms with Gasteiger partial charge in [0.05, 0.1) is 5.56 Å². The topological polar surface area (TPSA) is 62.2 Å². The standard InChI is InChI=1S/C17H20N2O2/c1-12-9-15(11-18-10-12)17(21)19-13(2)3-4-14-5-7-16(20)8-6-14/h5-11,13,20H,3-4H2,1-2H3,(H,19,21)/t13-/m1/s1. The maximum Gasteiger partial charge on any atom is 0.253 e. The van der Waals surface area contributed by atoms with Gasteiger partial charge in [-0.2, -0.15) is 0 Å². The molecule has 1 atom stereocenters. The van der Waals surface area contributed by atoms with Crippen molar-refractivity contribution in [3.63, 3.8) is 0 Å². The van der Waals surface area contributed by atoms with Gasteiger partial charge < -0.3 is 10.4 Å². The Kier molecular flexibility index (Phi) is 4.93. The van der Waals surface area contributed by atoms with Crippen molar-refractivity contribution >= 4 is 5.91 Å². The summed E-state index contributed by atoms with van der Waals surface area (Å²) in [5.74, 6) is 0.177. The maximum absolute atomic E-state index is 12.1. The average Bonchev–Trinajstić information content (AvgIpc) is 2.46. The lowest BCUT2D eigenvalue weighted by Gasteiger charge is -2.14. The van der Waals surface area contributed by atoms with Gasteiger partial charge in [-0.1, -0.05) is 12.1 Å². The summed E-state index contributed by atoms with van der Waals surface area (Å²) in [7, 11) is 0. The number of aromatic nitrogens is 1. The number of amides is 1. The number of carbonyl (C=O) groups is 1. The van der Waals surface area contributed by atoms with Crippen LogP contribution in [0.3, 0.4) is 0 Å². The molecule has 110 valence electrons. The number of aryl methyl sites for hydroxylation is 2. The molecule has 21 heavy (non-hydrogen) atoms. The van der Waals surface area contributed by atoms with Crippen molar-refractivity contribution in [2.45, 2.75) is 32.7 Å². The number of benzene rings is 1. The van der Waals surface area contributed by atoms with E-state index in [1.807, 2.05) is 32.0 Å². The van der Waals surface area contributed by atoms with E-state index in [1.165, 1.54) is 0 Å². The van der Waals surface area contributed by atoms with Crippen LogP contribution in [0.5, 0.6) is 5.75 Å². The van der Waals surface area contributed by atoms with E-state index in [0.717, 1.165) is 24.0 Å². The van der Waals surface area contributed by atoms with Crippen molar-refractivity contribution in [2.75, 3.05) is 0 Å². The Bertz CT molecular complexity index is 608. The molecule has 0 aliphatic heterocycles. The second kappa shape index (κ2) is 6.88. The number of phenolic OH excluding ortho intramolecular Hbond substituents is 1. The molecule has 1 amide bonds. The van der Waals surface area contributed by atoms with E-state index < -0.39 is 0 Å². The smallest absolute Gasteiger partial charge is 0.253 e. The lowest BCUT2D eigenvalue weighted by atomic mass is 10.1. The van der Waals surface area contributed by atoms with E-state index in [1.54, 1.807) is 24.5 Å². The minimum atomic E-state index is -0.0931. The quantitative estimate of drug-likeness (QED) is 0.887. The Morgan fingerprint density at radius 2 is 2.00 bits per heavy atom. The van der Waals surface area contributed by atoms with Gasteiger partial charge in [-0.25, -0.2) is 0 Å². The van der Waals surface area contributed by atoms with E-state index >= 15 is 0 Å². The summed E-state index contributed by atoms with van der Waals surface area (Å²) >= 11 is 0. The number of hydrogen-bond acceptors (Lipinski definition) is 3. The molecule has 1 aromatic carbocycles. The number of phenols is 1. The number of carbonyl (C=O) groups excluding carboxylic acids is 1. The SMILES string of the molecule is Cc1cncc(C(=O)N[C@H](C)CCc2ccc(O)cc2)c1. The highest BCUT2D eigenvalue weighted by Gasteiger charge is 2.10. The second-order valence-electron chi connectivity index (χ2n) is 5.33. The summed E-state index contributed by atoms with van der Waals surface area (Å²) in [6, 6.07) is 9.05. The fourth-order valence-corrected chi connectivity index (χ4v) is 2.10. The molecule has 0 saturated carbocycles. The van der Waals surface area contributed by atoms with Crippen LogP contribution in [0.15, 0.2) is 42.7 Å². The molecule has 0 aliphatic carbocycles. The van der Waals surface area contributed by atoms with Crippen molar-refractivity contribution in [3.05, 3.63) is 59.4 Å². The third-order valence-electron chi connectivity index (χ3n) is 3.32. The van der Waals surface area contributed by atoms with Crippen LogP contribution in [-0.4, -0.2) is 22.0 Å². The molecule has 2 N–H and O–H groups in total. The highest BCUT2D eigenvalue weighted by atomic mass is 16.3. The summed E-state index contributed by atoms with van der Waals surface area (Å²) < 4.78 is 0. The number of hydrogen-bond donors (Lipinski definition) is 2. The van der Waals surface area contributed by atoms with Crippen LogP contribution in [0.25, 0.3) is 0 Å². The van der Waals surface area contributed by atoms with Crippen LogP contribution in [0.1, 0.15) is 34.8 Å². The van der Waals surface area contributed by atoms with E-state index in [2.05, 4.69) is 10.3 Å². The van der Waals surface area contributed by atoms with E-state index in [-0.39, 0.29) is 17.7 Å². The number of nitrogens with one attached hydrogen (secondary N) is 1. The lowest BCUT2D eigenvalue weighted by Crippen LogP contribution is -2.33. The molecule has 0 unspecified atom stereocenters. The molecule has 4 heteroatoms. The first-order valence-corrected chi connectivity index (χ1v) is 7.05. The molecule has 1 heterocycles. The van der Waals surface area contributed by atoms with Gasteiger partial charge in [-0.05, 0) is 56.0 Å². The van der Waals surface area contributed by atoms with Gasteiger partial charge in [0.1, 0.15) is 5.75 Å². The Hall–Kier alpha value is -2.36. The summed E-state index contributed by atoms with van der Waals surface area (Å²) in [6.45, 7) is 3.90. The zero-order valence-electron chi connectivity index (χ0n) is 12.3. The Morgan fingerprint density at radius 3 is 2.67 bits per heavy atom. The van der Waals surface area contributed by atoms with E-state index in [0.29, 0.717) is 5.56 Å². The first kappa shape index (κ1) is 15.0. The van der Waals surface area contributed by atoms with Crippen molar-refractivity contribution in [2.24, 2.45) is 0 Å². The normalized spacial score (nSPS) is 11.9. The Balaban J connectivity index is 1.85. The fourth-order valence-electron chi connectivity index (χ4n) is 2.10. The predicted molar refractivity (Wildman–Crippen MR) is 82.3 cm³/mol. The molecule has 0 fully saturated rings. The van der Waals surface area contributed by atoms with Crippen LogP contribution >= 0.6 is 0 Å². The van der Waals surface area contributed by atoms with Crippen molar-refractivity contribution in [3.8, 4) is 5.75 Å². The lowest BCUT2D eigenvalue weighted by molar-refractivity contribution is 0.0938. The highest BCUT2D eigenvalue weighted by Crippen LogP contribution is 2.12. The first-order chi connectivity index (χ1) is 10.0. The third kappa shape index (κ3) is 4.60. The fraction of sp³-hybridized carbons (Fsp3) is 0.294.